The van der Waals surface area contributed by atoms with Crippen LogP contribution >= 0.6 is 11.3 Å². The number of rotatable bonds is 2. The molecule has 0 bridgehead atoms. The first-order valence-electron chi connectivity index (χ1n) is 6.91. The first-order chi connectivity index (χ1) is 9.56. The summed E-state index contributed by atoms with van der Waals surface area (Å²) >= 11 is 1.70. The fraction of sp³-hybridized carbons (Fsp3) is 0.467. The minimum absolute atomic E-state index is 0.190. The number of carboxylic acid groups (broad SMARTS) is 1. The van der Waals surface area contributed by atoms with E-state index in [1.165, 1.54) is 15.8 Å². The Balaban J connectivity index is 1.85. The van der Waals surface area contributed by atoms with E-state index in [1.807, 2.05) is 0 Å². The Bertz CT molecular complexity index is 657. The molecule has 1 aliphatic rings. The van der Waals surface area contributed by atoms with Crippen molar-refractivity contribution in [3.8, 4) is 0 Å². The smallest absolute Gasteiger partial charge is 0.306 e. The number of aliphatic carboxylic acids is 1. The number of nitrogens with zero attached hydrogens (tertiary/aromatic N) is 2. The van der Waals surface area contributed by atoms with Gasteiger partial charge < -0.3 is 10.0 Å². The van der Waals surface area contributed by atoms with Gasteiger partial charge >= 0.3 is 5.97 Å². The third-order valence-corrected chi connectivity index (χ3v) is 5.27. The average Bonchev–Trinajstić information content (AvgIpc) is 2.88. The second kappa shape index (κ2) is 5.05. The van der Waals surface area contributed by atoms with Crippen LogP contribution in [0.3, 0.4) is 0 Å². The molecule has 5 heteroatoms. The van der Waals surface area contributed by atoms with Gasteiger partial charge in [0.25, 0.3) is 0 Å². The van der Waals surface area contributed by atoms with Gasteiger partial charge in [-0.25, -0.2) is 4.98 Å². The van der Waals surface area contributed by atoms with Crippen LogP contribution in [0.2, 0.25) is 0 Å². The minimum atomic E-state index is -0.666. The number of carboxylic acids is 1. The maximum Gasteiger partial charge on any atom is 0.306 e. The van der Waals surface area contributed by atoms with Gasteiger partial charge in [0.2, 0.25) is 0 Å². The van der Waals surface area contributed by atoms with E-state index in [4.69, 9.17) is 10.1 Å². The van der Waals surface area contributed by atoms with E-state index in [1.54, 1.807) is 11.3 Å². The van der Waals surface area contributed by atoms with Crippen molar-refractivity contribution in [1.29, 1.82) is 0 Å². The topological polar surface area (TPSA) is 53.4 Å². The van der Waals surface area contributed by atoms with Gasteiger partial charge in [-0.3, -0.25) is 4.79 Å². The molecule has 1 aromatic heterocycles. The number of carbonyl (C=O) groups is 1. The van der Waals surface area contributed by atoms with Crippen LogP contribution in [0.1, 0.15) is 24.0 Å². The number of fused-ring (bicyclic) bond motifs is 1. The number of thiazole rings is 1. The Kier molecular flexibility index (Phi) is 3.38. The molecular weight excluding hydrogens is 272 g/mol. The number of aryl methyl sites for hydroxylation is 2. The Hall–Kier alpha value is -1.62. The van der Waals surface area contributed by atoms with E-state index in [9.17, 15) is 4.79 Å². The zero-order chi connectivity index (χ0) is 14.3. The zero-order valence-electron chi connectivity index (χ0n) is 11.7. The lowest BCUT2D eigenvalue weighted by Crippen LogP contribution is -2.36. The fourth-order valence-electron chi connectivity index (χ4n) is 2.67. The highest BCUT2D eigenvalue weighted by molar-refractivity contribution is 7.22. The number of hydrogen-bond acceptors (Lipinski definition) is 4. The predicted molar refractivity (Wildman–Crippen MR) is 81.7 cm³/mol. The van der Waals surface area contributed by atoms with Crippen molar-refractivity contribution < 1.29 is 9.90 Å². The van der Waals surface area contributed by atoms with E-state index in [-0.39, 0.29) is 5.92 Å². The average molecular weight is 290 g/mol. The standard InChI is InChI=1S/C15H18N2O2S/c1-9-3-4-12-13(10(9)2)16-15(20-12)17-7-5-11(6-8-17)14(18)19/h3-4,11H,5-8H2,1-2H3,(H,18,19). The summed E-state index contributed by atoms with van der Waals surface area (Å²) in [5.74, 6) is -0.856. The lowest BCUT2D eigenvalue weighted by Gasteiger charge is -2.29. The summed E-state index contributed by atoms with van der Waals surface area (Å²) in [5, 5.41) is 10.1. The van der Waals surface area contributed by atoms with Gasteiger partial charge in [0.05, 0.1) is 16.1 Å². The molecule has 1 saturated heterocycles. The van der Waals surface area contributed by atoms with Gasteiger partial charge in [-0.2, -0.15) is 0 Å². The van der Waals surface area contributed by atoms with Gasteiger partial charge in [-0.05, 0) is 43.9 Å². The third kappa shape index (κ3) is 2.26. The Morgan fingerprint density at radius 2 is 2.05 bits per heavy atom. The van der Waals surface area contributed by atoms with Crippen molar-refractivity contribution in [2.75, 3.05) is 18.0 Å². The predicted octanol–water partition coefficient (Wildman–Crippen LogP) is 3.21. The van der Waals surface area contributed by atoms with Gasteiger partial charge in [-0.15, -0.1) is 0 Å². The first-order valence-corrected chi connectivity index (χ1v) is 7.72. The molecule has 106 valence electrons. The number of hydrogen-bond donors (Lipinski definition) is 1. The SMILES string of the molecule is Cc1ccc2sc(N3CCC(C(=O)O)CC3)nc2c1C. The van der Waals surface area contributed by atoms with Crippen LogP contribution in [0.15, 0.2) is 12.1 Å². The molecule has 0 aliphatic carbocycles. The maximum absolute atomic E-state index is 11.0. The van der Waals surface area contributed by atoms with Crippen LogP contribution in [-0.2, 0) is 4.79 Å². The molecule has 3 rings (SSSR count). The normalized spacial score (nSPS) is 16.8. The van der Waals surface area contributed by atoms with Crippen LogP contribution < -0.4 is 4.90 Å². The molecule has 0 radical (unpaired) electrons. The van der Waals surface area contributed by atoms with Crippen LogP contribution in [0, 0.1) is 19.8 Å². The number of benzene rings is 1. The van der Waals surface area contributed by atoms with Crippen molar-refractivity contribution in [1.82, 2.24) is 4.98 Å². The fourth-order valence-corrected chi connectivity index (χ4v) is 3.74. The van der Waals surface area contributed by atoms with Crippen LogP contribution in [0.25, 0.3) is 10.2 Å². The van der Waals surface area contributed by atoms with E-state index in [0.29, 0.717) is 12.8 Å². The van der Waals surface area contributed by atoms with Crippen LogP contribution in [-0.4, -0.2) is 29.1 Å². The molecule has 0 amide bonds. The molecule has 4 nitrogen and oxygen atoms in total. The number of piperidine rings is 1. The molecule has 1 aromatic carbocycles. The molecule has 0 spiro atoms. The lowest BCUT2D eigenvalue weighted by molar-refractivity contribution is -0.142. The van der Waals surface area contributed by atoms with Crippen molar-refractivity contribution >= 4 is 32.7 Å². The summed E-state index contributed by atoms with van der Waals surface area (Å²) in [6, 6.07) is 4.26. The molecule has 2 heterocycles. The maximum atomic E-state index is 11.0. The molecular formula is C15H18N2O2S. The number of aromatic nitrogens is 1. The highest BCUT2D eigenvalue weighted by Crippen LogP contribution is 2.33. The largest absolute Gasteiger partial charge is 0.481 e. The Morgan fingerprint density at radius 1 is 1.35 bits per heavy atom. The molecule has 1 aliphatic heterocycles. The summed E-state index contributed by atoms with van der Waals surface area (Å²) in [7, 11) is 0. The van der Waals surface area contributed by atoms with Crippen LogP contribution in [0.5, 0.6) is 0 Å². The molecule has 0 atom stereocenters. The molecule has 20 heavy (non-hydrogen) atoms. The summed E-state index contributed by atoms with van der Waals surface area (Å²) in [6.07, 6.45) is 1.42. The Morgan fingerprint density at radius 3 is 2.70 bits per heavy atom. The van der Waals surface area contributed by atoms with Gasteiger partial charge in [0.15, 0.2) is 5.13 Å². The second-order valence-electron chi connectivity index (χ2n) is 5.45. The van der Waals surface area contributed by atoms with E-state index >= 15 is 0 Å². The summed E-state index contributed by atoms with van der Waals surface area (Å²) < 4.78 is 1.21. The zero-order valence-corrected chi connectivity index (χ0v) is 12.5. The highest BCUT2D eigenvalue weighted by atomic mass is 32.1. The lowest BCUT2D eigenvalue weighted by atomic mass is 9.98. The molecule has 0 saturated carbocycles. The molecule has 0 unspecified atom stereocenters. The van der Waals surface area contributed by atoms with E-state index in [2.05, 4.69) is 30.9 Å². The second-order valence-corrected chi connectivity index (χ2v) is 6.46. The Labute approximate surface area is 122 Å². The van der Waals surface area contributed by atoms with Gasteiger partial charge in [0.1, 0.15) is 0 Å². The summed E-state index contributed by atoms with van der Waals surface area (Å²) in [5.41, 5.74) is 3.59. The number of anilines is 1. The first kappa shape index (κ1) is 13.4. The molecule has 1 N–H and O–H groups in total. The van der Waals surface area contributed by atoms with Crippen molar-refractivity contribution in [2.45, 2.75) is 26.7 Å². The summed E-state index contributed by atoms with van der Waals surface area (Å²) in [6.45, 7) is 5.79. The molecule has 2 aromatic rings. The van der Waals surface area contributed by atoms with Crippen molar-refractivity contribution in [3.63, 3.8) is 0 Å². The minimum Gasteiger partial charge on any atom is -0.481 e. The monoisotopic (exact) mass is 290 g/mol. The molecule has 1 fully saturated rings. The third-order valence-electron chi connectivity index (χ3n) is 4.19. The highest BCUT2D eigenvalue weighted by Gasteiger charge is 2.26. The van der Waals surface area contributed by atoms with Crippen molar-refractivity contribution in [3.05, 3.63) is 23.3 Å². The quantitative estimate of drug-likeness (QED) is 0.922. The van der Waals surface area contributed by atoms with Crippen molar-refractivity contribution in [2.24, 2.45) is 5.92 Å². The van der Waals surface area contributed by atoms with E-state index in [0.717, 1.165) is 23.7 Å². The van der Waals surface area contributed by atoms with Gasteiger partial charge in [0, 0.05) is 13.1 Å². The van der Waals surface area contributed by atoms with Gasteiger partial charge in [-0.1, -0.05) is 17.4 Å². The summed E-state index contributed by atoms with van der Waals surface area (Å²) in [4.78, 5) is 18.0. The van der Waals surface area contributed by atoms with E-state index < -0.39 is 5.97 Å². The van der Waals surface area contributed by atoms with Crippen LogP contribution in [0.4, 0.5) is 5.13 Å².